The molecule has 0 aliphatic heterocycles. The molecule has 8 nitrogen and oxygen atoms in total. The van der Waals surface area contributed by atoms with Crippen LogP contribution in [0.4, 0.5) is 4.79 Å². The van der Waals surface area contributed by atoms with Crippen LogP contribution in [0.3, 0.4) is 0 Å². The zero-order chi connectivity index (χ0) is 25.5. The van der Waals surface area contributed by atoms with Crippen LogP contribution in [0.1, 0.15) is 16.7 Å². The number of hydrogen-bond acceptors (Lipinski definition) is 6. The van der Waals surface area contributed by atoms with E-state index in [1.54, 1.807) is 14.2 Å². The molecule has 1 aromatic heterocycles. The van der Waals surface area contributed by atoms with Gasteiger partial charge >= 0.3 is 6.09 Å². The minimum Gasteiger partial charge on any atom is -0.465 e. The van der Waals surface area contributed by atoms with Crippen molar-refractivity contribution < 1.29 is 23.9 Å². The number of ether oxygens (including phenoxy) is 2. The smallest absolute Gasteiger partial charge is 0.407 e. The van der Waals surface area contributed by atoms with Crippen molar-refractivity contribution in [1.82, 2.24) is 15.0 Å². The molecule has 0 unspecified atom stereocenters. The maximum atomic E-state index is 11.6. The first kappa shape index (κ1) is 25.1. The third kappa shape index (κ3) is 5.79. The molecular formula is C28H29N3O5. The highest BCUT2D eigenvalue weighted by Crippen LogP contribution is 2.31. The number of benzene rings is 3. The van der Waals surface area contributed by atoms with Gasteiger partial charge in [0.15, 0.2) is 0 Å². The number of carboxylic acid groups (broad SMARTS) is 1. The van der Waals surface area contributed by atoms with Crippen LogP contribution in [0.15, 0.2) is 71.3 Å². The Balaban J connectivity index is 1.60. The second kappa shape index (κ2) is 11.6. The van der Waals surface area contributed by atoms with E-state index in [0.717, 1.165) is 33.4 Å². The van der Waals surface area contributed by atoms with Gasteiger partial charge in [-0.1, -0.05) is 53.7 Å². The van der Waals surface area contributed by atoms with Crippen LogP contribution in [-0.4, -0.2) is 53.6 Å². The Morgan fingerprint density at radius 1 is 0.972 bits per heavy atom. The Morgan fingerprint density at radius 2 is 1.81 bits per heavy atom. The minimum absolute atomic E-state index is 0.234. The van der Waals surface area contributed by atoms with Crippen LogP contribution >= 0.6 is 0 Å². The second-order valence-corrected chi connectivity index (χ2v) is 8.44. The zero-order valence-electron chi connectivity index (χ0n) is 20.6. The standard InChI is InChI=1S/C28H29N3O5/c1-19-7-4-5-10-24(19)25-12-11-22(16-23(25)18-35-3)27-29-26(30-36-27)21-9-6-8-20(15-21)17-31(28(32)33)13-14-34-2/h4-12,15-16H,13-14,17-18H2,1-3H3,(H,32,33). The van der Waals surface area contributed by atoms with Gasteiger partial charge in [-0.05, 0) is 52.9 Å². The van der Waals surface area contributed by atoms with Gasteiger partial charge in [0.25, 0.3) is 5.89 Å². The zero-order valence-corrected chi connectivity index (χ0v) is 20.6. The molecule has 0 fully saturated rings. The van der Waals surface area contributed by atoms with Crippen molar-refractivity contribution in [2.45, 2.75) is 20.1 Å². The lowest BCUT2D eigenvalue weighted by Gasteiger charge is -2.18. The molecule has 186 valence electrons. The summed E-state index contributed by atoms with van der Waals surface area (Å²) in [7, 11) is 3.22. The first-order valence-electron chi connectivity index (χ1n) is 11.6. The number of aromatic nitrogens is 2. The van der Waals surface area contributed by atoms with Gasteiger partial charge in [0.1, 0.15) is 0 Å². The number of nitrogens with zero attached hydrogens (tertiary/aromatic N) is 3. The van der Waals surface area contributed by atoms with Crippen LogP contribution in [-0.2, 0) is 22.6 Å². The van der Waals surface area contributed by atoms with E-state index in [0.29, 0.717) is 24.9 Å². The van der Waals surface area contributed by atoms with E-state index in [1.807, 2.05) is 48.5 Å². The van der Waals surface area contributed by atoms with Gasteiger partial charge in [0.2, 0.25) is 5.82 Å². The molecule has 0 saturated heterocycles. The van der Waals surface area contributed by atoms with E-state index < -0.39 is 6.09 Å². The minimum atomic E-state index is -1.000. The van der Waals surface area contributed by atoms with E-state index in [9.17, 15) is 9.90 Å². The van der Waals surface area contributed by atoms with Gasteiger partial charge < -0.3 is 24.0 Å². The lowest BCUT2D eigenvalue weighted by atomic mass is 9.94. The third-order valence-corrected chi connectivity index (χ3v) is 5.91. The summed E-state index contributed by atoms with van der Waals surface area (Å²) in [6.07, 6.45) is -1.000. The predicted octanol–water partition coefficient (Wildman–Crippen LogP) is 5.65. The van der Waals surface area contributed by atoms with Gasteiger partial charge in [0.05, 0.1) is 13.2 Å². The van der Waals surface area contributed by atoms with Crippen molar-refractivity contribution in [3.8, 4) is 34.0 Å². The summed E-state index contributed by atoms with van der Waals surface area (Å²) >= 11 is 0. The maximum Gasteiger partial charge on any atom is 0.407 e. The number of rotatable bonds is 10. The summed E-state index contributed by atoms with van der Waals surface area (Å²) in [5.41, 5.74) is 6.83. The summed E-state index contributed by atoms with van der Waals surface area (Å²) < 4.78 is 16.1. The predicted molar refractivity (Wildman–Crippen MR) is 136 cm³/mol. The fourth-order valence-electron chi connectivity index (χ4n) is 4.07. The molecule has 0 aliphatic carbocycles. The fourth-order valence-corrected chi connectivity index (χ4v) is 4.07. The average Bonchev–Trinajstić information content (AvgIpc) is 3.38. The Bertz CT molecular complexity index is 1330. The third-order valence-electron chi connectivity index (χ3n) is 5.91. The topological polar surface area (TPSA) is 97.9 Å². The quantitative estimate of drug-likeness (QED) is 0.309. The van der Waals surface area contributed by atoms with Crippen molar-refractivity contribution in [2.24, 2.45) is 0 Å². The van der Waals surface area contributed by atoms with Crippen molar-refractivity contribution in [2.75, 3.05) is 27.4 Å². The molecular weight excluding hydrogens is 458 g/mol. The number of amides is 1. The van der Waals surface area contributed by atoms with Crippen molar-refractivity contribution in [1.29, 1.82) is 0 Å². The number of carbonyl (C=O) groups is 1. The summed E-state index contributed by atoms with van der Waals surface area (Å²) in [5.74, 6) is 0.832. The molecule has 0 bridgehead atoms. The van der Waals surface area contributed by atoms with Gasteiger partial charge in [-0.3, -0.25) is 0 Å². The molecule has 0 spiro atoms. The Morgan fingerprint density at radius 3 is 2.56 bits per heavy atom. The molecule has 0 radical (unpaired) electrons. The fraction of sp³-hybridized carbons (Fsp3) is 0.250. The van der Waals surface area contributed by atoms with E-state index in [-0.39, 0.29) is 13.1 Å². The Kier molecular flexibility index (Phi) is 8.10. The number of aryl methyl sites for hydroxylation is 1. The van der Waals surface area contributed by atoms with Crippen molar-refractivity contribution in [3.63, 3.8) is 0 Å². The molecule has 3 aromatic carbocycles. The SMILES string of the molecule is COCCN(Cc1cccc(-c2noc(-c3ccc(-c4ccccc4C)c(COC)c3)n2)c1)C(=O)O. The van der Waals surface area contributed by atoms with Crippen molar-refractivity contribution >= 4 is 6.09 Å². The normalized spacial score (nSPS) is 11.0. The van der Waals surface area contributed by atoms with Gasteiger partial charge in [-0.2, -0.15) is 4.98 Å². The molecule has 8 heteroatoms. The van der Waals surface area contributed by atoms with Gasteiger partial charge in [0, 0.05) is 38.4 Å². The summed E-state index contributed by atoms with van der Waals surface area (Å²) in [6, 6.07) is 21.7. The van der Waals surface area contributed by atoms with Crippen molar-refractivity contribution in [3.05, 3.63) is 83.4 Å². The molecule has 4 aromatic rings. The van der Waals surface area contributed by atoms with E-state index in [2.05, 4.69) is 35.3 Å². The average molecular weight is 488 g/mol. The Hall–Kier alpha value is -4.01. The lowest BCUT2D eigenvalue weighted by molar-refractivity contribution is 0.115. The molecule has 0 saturated carbocycles. The molecule has 36 heavy (non-hydrogen) atoms. The molecule has 0 aliphatic rings. The van der Waals surface area contributed by atoms with Crippen LogP contribution in [0, 0.1) is 6.92 Å². The first-order chi connectivity index (χ1) is 17.5. The van der Waals surface area contributed by atoms with E-state index in [1.165, 1.54) is 10.5 Å². The largest absolute Gasteiger partial charge is 0.465 e. The second-order valence-electron chi connectivity index (χ2n) is 8.44. The molecule has 4 rings (SSSR count). The van der Waals surface area contributed by atoms with Crippen LogP contribution in [0.5, 0.6) is 0 Å². The first-order valence-corrected chi connectivity index (χ1v) is 11.6. The highest BCUT2D eigenvalue weighted by atomic mass is 16.5. The molecule has 0 atom stereocenters. The summed E-state index contributed by atoms with van der Waals surface area (Å²) in [6.45, 7) is 3.38. The molecule has 1 amide bonds. The Labute approximate surface area is 210 Å². The number of methoxy groups -OCH3 is 2. The number of hydrogen-bond donors (Lipinski definition) is 1. The maximum absolute atomic E-state index is 11.6. The van der Waals surface area contributed by atoms with Crippen LogP contribution in [0.2, 0.25) is 0 Å². The van der Waals surface area contributed by atoms with E-state index in [4.69, 9.17) is 14.0 Å². The summed E-state index contributed by atoms with van der Waals surface area (Å²) in [5, 5.41) is 13.6. The summed E-state index contributed by atoms with van der Waals surface area (Å²) in [4.78, 5) is 17.5. The van der Waals surface area contributed by atoms with Crippen LogP contribution in [0.25, 0.3) is 34.0 Å². The highest BCUT2D eigenvalue weighted by molar-refractivity contribution is 5.74. The monoisotopic (exact) mass is 487 g/mol. The van der Waals surface area contributed by atoms with Crippen LogP contribution < -0.4 is 0 Å². The molecule has 1 heterocycles. The van der Waals surface area contributed by atoms with E-state index >= 15 is 0 Å². The lowest BCUT2D eigenvalue weighted by Crippen LogP contribution is -2.32. The molecule has 1 N–H and O–H groups in total. The van der Waals surface area contributed by atoms with Gasteiger partial charge in [-0.25, -0.2) is 4.79 Å². The highest BCUT2D eigenvalue weighted by Gasteiger charge is 2.16. The van der Waals surface area contributed by atoms with Gasteiger partial charge in [-0.15, -0.1) is 0 Å².